The monoisotopic (exact) mass is 285 g/mol. The number of ether oxygens (including phenoxy) is 1. The number of nitrogens with one attached hydrogen (secondary N) is 1. The number of thioether (sulfide) groups is 1. The molecule has 0 radical (unpaired) electrons. The first-order valence-electron chi connectivity index (χ1n) is 6.51. The second kappa shape index (κ2) is 7.49. The Bertz CT molecular complexity index is 405. The number of hydrogen-bond acceptors (Lipinski definition) is 6. The fourth-order valence-corrected chi connectivity index (χ4v) is 2.60. The summed E-state index contributed by atoms with van der Waals surface area (Å²) < 4.78 is 10.6. The molecule has 2 heterocycles. The smallest absolute Gasteiger partial charge is 0.277 e. The molecule has 0 saturated carbocycles. The SMILES string of the molecule is Cc1nnc(SCC(=O)NCCC2CCCOC2)o1. The summed E-state index contributed by atoms with van der Waals surface area (Å²) in [6.45, 7) is 4.13. The van der Waals surface area contributed by atoms with Gasteiger partial charge in [-0.15, -0.1) is 10.2 Å². The minimum absolute atomic E-state index is 0.00224. The average Bonchev–Trinajstić information content (AvgIpc) is 2.83. The van der Waals surface area contributed by atoms with Crippen molar-refractivity contribution in [1.82, 2.24) is 15.5 Å². The van der Waals surface area contributed by atoms with Gasteiger partial charge in [-0.2, -0.15) is 0 Å². The first-order chi connectivity index (χ1) is 9.24. The third-order valence-corrected chi connectivity index (χ3v) is 3.78. The second-order valence-electron chi connectivity index (χ2n) is 4.60. The molecular formula is C12H19N3O3S. The van der Waals surface area contributed by atoms with Crippen molar-refractivity contribution in [3.8, 4) is 0 Å². The molecule has 1 atom stereocenters. The maximum atomic E-state index is 11.6. The minimum Gasteiger partial charge on any atom is -0.416 e. The molecule has 0 spiro atoms. The van der Waals surface area contributed by atoms with E-state index in [2.05, 4.69) is 15.5 Å². The van der Waals surface area contributed by atoms with Crippen LogP contribution in [0.3, 0.4) is 0 Å². The van der Waals surface area contributed by atoms with E-state index in [1.807, 2.05) is 0 Å². The zero-order chi connectivity index (χ0) is 13.5. The van der Waals surface area contributed by atoms with E-state index in [1.54, 1.807) is 6.92 Å². The van der Waals surface area contributed by atoms with Crippen molar-refractivity contribution in [3.63, 3.8) is 0 Å². The van der Waals surface area contributed by atoms with Crippen LogP contribution >= 0.6 is 11.8 Å². The summed E-state index contributed by atoms with van der Waals surface area (Å²) in [4.78, 5) is 11.6. The van der Waals surface area contributed by atoms with Gasteiger partial charge in [0.05, 0.1) is 5.75 Å². The second-order valence-corrected chi connectivity index (χ2v) is 5.52. The number of carbonyl (C=O) groups excluding carboxylic acids is 1. The van der Waals surface area contributed by atoms with Crippen LogP contribution in [0.2, 0.25) is 0 Å². The van der Waals surface area contributed by atoms with Crippen molar-refractivity contribution in [1.29, 1.82) is 0 Å². The molecule has 1 aliphatic heterocycles. The van der Waals surface area contributed by atoms with Crippen LogP contribution in [-0.2, 0) is 9.53 Å². The maximum absolute atomic E-state index is 11.6. The molecule has 6 nitrogen and oxygen atoms in total. The quantitative estimate of drug-likeness (QED) is 0.796. The highest BCUT2D eigenvalue weighted by Gasteiger charge is 2.14. The minimum atomic E-state index is -0.00224. The van der Waals surface area contributed by atoms with E-state index in [1.165, 1.54) is 18.2 Å². The predicted octanol–water partition coefficient (Wildman–Crippen LogP) is 1.40. The third-order valence-electron chi connectivity index (χ3n) is 2.96. The van der Waals surface area contributed by atoms with E-state index in [0.29, 0.717) is 29.3 Å². The zero-order valence-corrected chi connectivity index (χ0v) is 11.9. The molecule has 0 aromatic carbocycles. The van der Waals surface area contributed by atoms with Crippen molar-refractivity contribution in [2.75, 3.05) is 25.5 Å². The van der Waals surface area contributed by atoms with Crippen LogP contribution in [0.25, 0.3) is 0 Å². The van der Waals surface area contributed by atoms with Gasteiger partial charge in [0.2, 0.25) is 11.8 Å². The van der Waals surface area contributed by atoms with Crippen LogP contribution in [0.4, 0.5) is 0 Å². The maximum Gasteiger partial charge on any atom is 0.277 e. The Morgan fingerprint density at radius 3 is 3.11 bits per heavy atom. The number of aromatic nitrogens is 2. The third kappa shape index (κ3) is 5.20. The Morgan fingerprint density at radius 1 is 1.53 bits per heavy atom. The zero-order valence-electron chi connectivity index (χ0n) is 11.1. The van der Waals surface area contributed by atoms with Gasteiger partial charge in [0, 0.05) is 26.7 Å². The van der Waals surface area contributed by atoms with Gasteiger partial charge < -0.3 is 14.5 Å². The van der Waals surface area contributed by atoms with Crippen LogP contribution < -0.4 is 5.32 Å². The van der Waals surface area contributed by atoms with Crippen LogP contribution in [0, 0.1) is 12.8 Å². The van der Waals surface area contributed by atoms with Crippen LogP contribution in [0.15, 0.2) is 9.64 Å². The first-order valence-corrected chi connectivity index (χ1v) is 7.50. The summed E-state index contributed by atoms with van der Waals surface area (Å²) in [5.74, 6) is 1.40. The lowest BCUT2D eigenvalue weighted by atomic mass is 9.99. The Hall–Kier alpha value is -1.08. The van der Waals surface area contributed by atoms with Gasteiger partial charge in [-0.25, -0.2) is 0 Å². The molecule has 1 fully saturated rings. The molecule has 2 rings (SSSR count). The lowest BCUT2D eigenvalue weighted by molar-refractivity contribution is -0.118. The highest BCUT2D eigenvalue weighted by Crippen LogP contribution is 2.17. The number of hydrogen-bond donors (Lipinski definition) is 1. The molecule has 1 amide bonds. The molecule has 1 N–H and O–H groups in total. The van der Waals surface area contributed by atoms with E-state index in [0.717, 1.165) is 26.1 Å². The van der Waals surface area contributed by atoms with E-state index in [-0.39, 0.29) is 5.91 Å². The highest BCUT2D eigenvalue weighted by molar-refractivity contribution is 7.99. The van der Waals surface area contributed by atoms with Gasteiger partial charge in [0.15, 0.2) is 0 Å². The molecular weight excluding hydrogens is 266 g/mol. The Morgan fingerprint density at radius 2 is 2.42 bits per heavy atom. The molecule has 0 bridgehead atoms. The predicted molar refractivity (Wildman–Crippen MR) is 70.9 cm³/mol. The van der Waals surface area contributed by atoms with Gasteiger partial charge in [-0.1, -0.05) is 11.8 Å². The molecule has 1 saturated heterocycles. The van der Waals surface area contributed by atoms with Crippen LogP contribution in [-0.4, -0.2) is 41.6 Å². The van der Waals surface area contributed by atoms with Gasteiger partial charge in [-0.3, -0.25) is 4.79 Å². The number of carbonyl (C=O) groups is 1. The average molecular weight is 285 g/mol. The van der Waals surface area contributed by atoms with E-state index < -0.39 is 0 Å². The first kappa shape index (κ1) is 14.3. The summed E-state index contributed by atoms with van der Waals surface area (Å²) in [6, 6.07) is 0. The summed E-state index contributed by atoms with van der Waals surface area (Å²) in [7, 11) is 0. The Balaban J connectivity index is 1.56. The van der Waals surface area contributed by atoms with Crippen molar-refractivity contribution in [3.05, 3.63) is 5.89 Å². The van der Waals surface area contributed by atoms with E-state index in [4.69, 9.17) is 9.15 Å². The van der Waals surface area contributed by atoms with Crippen molar-refractivity contribution in [2.45, 2.75) is 31.4 Å². The largest absolute Gasteiger partial charge is 0.416 e. The number of aryl methyl sites for hydroxylation is 1. The molecule has 7 heteroatoms. The lowest BCUT2D eigenvalue weighted by Gasteiger charge is -2.21. The summed E-state index contributed by atoms with van der Waals surface area (Å²) in [5.41, 5.74) is 0. The highest BCUT2D eigenvalue weighted by atomic mass is 32.2. The topological polar surface area (TPSA) is 77.2 Å². The van der Waals surface area contributed by atoms with Crippen LogP contribution in [0.5, 0.6) is 0 Å². The normalized spacial score (nSPS) is 19.3. The standard InChI is InChI=1S/C12H19N3O3S/c1-9-14-15-12(18-9)19-8-11(16)13-5-4-10-3-2-6-17-7-10/h10H,2-8H2,1H3,(H,13,16). The number of rotatable bonds is 6. The molecule has 1 aliphatic rings. The number of nitrogens with zero attached hydrogens (tertiary/aromatic N) is 2. The van der Waals surface area contributed by atoms with Gasteiger partial charge >= 0.3 is 0 Å². The van der Waals surface area contributed by atoms with Crippen molar-refractivity contribution in [2.24, 2.45) is 5.92 Å². The summed E-state index contributed by atoms with van der Waals surface area (Å²) >= 11 is 1.26. The lowest BCUT2D eigenvalue weighted by Crippen LogP contribution is -2.29. The number of amides is 1. The molecule has 106 valence electrons. The van der Waals surface area contributed by atoms with Gasteiger partial charge in [0.1, 0.15) is 0 Å². The Kier molecular flexibility index (Phi) is 5.65. The van der Waals surface area contributed by atoms with Gasteiger partial charge in [0.25, 0.3) is 5.22 Å². The van der Waals surface area contributed by atoms with E-state index in [9.17, 15) is 4.79 Å². The molecule has 1 aromatic heterocycles. The van der Waals surface area contributed by atoms with Crippen molar-refractivity contribution >= 4 is 17.7 Å². The summed E-state index contributed by atoms with van der Waals surface area (Å²) in [6.07, 6.45) is 3.31. The molecule has 0 aliphatic carbocycles. The fraction of sp³-hybridized carbons (Fsp3) is 0.750. The fourth-order valence-electron chi connectivity index (χ4n) is 1.97. The molecule has 1 aromatic rings. The molecule has 1 unspecified atom stereocenters. The van der Waals surface area contributed by atoms with Crippen LogP contribution in [0.1, 0.15) is 25.2 Å². The molecule has 19 heavy (non-hydrogen) atoms. The Labute approximate surface area is 116 Å². The van der Waals surface area contributed by atoms with Crippen molar-refractivity contribution < 1.29 is 13.9 Å². The van der Waals surface area contributed by atoms with E-state index >= 15 is 0 Å². The van der Waals surface area contributed by atoms with Gasteiger partial charge in [-0.05, 0) is 25.2 Å². The summed E-state index contributed by atoms with van der Waals surface area (Å²) in [5, 5.41) is 10.9.